The van der Waals surface area contributed by atoms with E-state index in [0.717, 1.165) is 49.6 Å². The molecule has 0 aliphatic heterocycles. The highest BCUT2D eigenvalue weighted by atomic mass is 31.2. The standard InChI is InChI=1S/C34H29N2OP/c1-25(2)26-22-27(34-35-32-20-12-13-21-33(32)36(34)28-14-6-3-7-15-28)24-31(23-26)38(37,29-16-8-4-9-17-29)30-18-10-5-11-19-30/h3-25H,1-2H3. The van der Waals surface area contributed by atoms with Crippen molar-refractivity contribution in [3.05, 3.63) is 139 Å². The van der Waals surface area contributed by atoms with Crippen LogP contribution < -0.4 is 15.9 Å². The van der Waals surface area contributed by atoms with Crippen molar-refractivity contribution in [2.24, 2.45) is 0 Å². The van der Waals surface area contributed by atoms with Crippen LogP contribution in [0.25, 0.3) is 28.1 Å². The van der Waals surface area contributed by atoms with Gasteiger partial charge in [0, 0.05) is 27.2 Å². The summed E-state index contributed by atoms with van der Waals surface area (Å²) in [7, 11) is -3.15. The highest BCUT2D eigenvalue weighted by Gasteiger charge is 2.31. The molecule has 0 radical (unpaired) electrons. The third kappa shape index (κ3) is 4.20. The van der Waals surface area contributed by atoms with Crippen LogP contribution in [0.5, 0.6) is 0 Å². The normalized spacial score (nSPS) is 11.8. The average Bonchev–Trinajstić information content (AvgIpc) is 3.37. The second kappa shape index (κ2) is 9.93. The molecule has 38 heavy (non-hydrogen) atoms. The van der Waals surface area contributed by atoms with Gasteiger partial charge in [0.15, 0.2) is 7.14 Å². The van der Waals surface area contributed by atoms with Crippen LogP contribution in [0.3, 0.4) is 0 Å². The molecule has 5 aromatic carbocycles. The summed E-state index contributed by atoms with van der Waals surface area (Å²) in [6.45, 7) is 4.36. The second-order valence-corrected chi connectivity index (χ2v) is 12.6. The van der Waals surface area contributed by atoms with E-state index in [4.69, 9.17) is 4.98 Å². The number of nitrogens with zero attached hydrogens (tertiary/aromatic N) is 2. The lowest BCUT2D eigenvalue weighted by Crippen LogP contribution is -2.25. The van der Waals surface area contributed by atoms with Crippen molar-refractivity contribution in [1.29, 1.82) is 0 Å². The predicted octanol–water partition coefficient (Wildman–Crippen LogP) is 7.46. The molecule has 0 amide bonds. The minimum atomic E-state index is -3.15. The van der Waals surface area contributed by atoms with Crippen molar-refractivity contribution >= 4 is 34.1 Å². The third-order valence-electron chi connectivity index (χ3n) is 7.04. The smallest absolute Gasteiger partial charge is 0.171 e. The molecule has 6 aromatic rings. The lowest BCUT2D eigenvalue weighted by Gasteiger charge is -2.22. The molecular weight excluding hydrogens is 483 g/mol. The molecule has 186 valence electrons. The van der Waals surface area contributed by atoms with Crippen LogP contribution in [0.15, 0.2) is 133 Å². The van der Waals surface area contributed by atoms with Gasteiger partial charge in [-0.05, 0) is 53.9 Å². The second-order valence-electron chi connectivity index (χ2n) is 9.84. The predicted molar refractivity (Wildman–Crippen MR) is 160 cm³/mol. The molecule has 6 rings (SSSR count). The lowest BCUT2D eigenvalue weighted by atomic mass is 10.0. The van der Waals surface area contributed by atoms with E-state index in [-0.39, 0.29) is 5.92 Å². The van der Waals surface area contributed by atoms with E-state index >= 15 is 4.57 Å². The van der Waals surface area contributed by atoms with Gasteiger partial charge in [0.25, 0.3) is 0 Å². The molecule has 0 spiro atoms. The molecule has 4 heteroatoms. The van der Waals surface area contributed by atoms with Crippen molar-refractivity contribution < 1.29 is 4.57 Å². The summed E-state index contributed by atoms with van der Waals surface area (Å²) < 4.78 is 17.5. The molecular formula is C34H29N2OP. The Hall–Kier alpha value is -4.20. The summed E-state index contributed by atoms with van der Waals surface area (Å²) in [4.78, 5) is 5.10. The van der Waals surface area contributed by atoms with E-state index in [0.29, 0.717) is 0 Å². The quantitative estimate of drug-likeness (QED) is 0.217. The Bertz CT molecular complexity index is 1710. The van der Waals surface area contributed by atoms with Crippen molar-refractivity contribution in [3.8, 4) is 17.1 Å². The summed E-state index contributed by atoms with van der Waals surface area (Å²) in [5.41, 5.74) is 5.10. The van der Waals surface area contributed by atoms with Gasteiger partial charge in [-0.3, -0.25) is 4.57 Å². The zero-order valence-corrected chi connectivity index (χ0v) is 22.4. The molecule has 0 N–H and O–H groups in total. The summed E-state index contributed by atoms with van der Waals surface area (Å²) in [6.07, 6.45) is 0. The molecule has 0 atom stereocenters. The minimum Gasteiger partial charge on any atom is -0.309 e. The zero-order valence-electron chi connectivity index (χ0n) is 21.5. The maximum atomic E-state index is 15.3. The Morgan fingerprint density at radius 1 is 0.632 bits per heavy atom. The highest BCUT2D eigenvalue weighted by molar-refractivity contribution is 7.85. The Labute approximate surface area is 223 Å². The zero-order chi connectivity index (χ0) is 26.1. The average molecular weight is 513 g/mol. The van der Waals surface area contributed by atoms with Gasteiger partial charge in [-0.1, -0.05) is 105 Å². The number of aromatic nitrogens is 2. The van der Waals surface area contributed by atoms with Gasteiger partial charge < -0.3 is 4.57 Å². The lowest BCUT2D eigenvalue weighted by molar-refractivity contribution is 0.592. The largest absolute Gasteiger partial charge is 0.309 e. The topological polar surface area (TPSA) is 34.9 Å². The molecule has 0 aliphatic carbocycles. The maximum Gasteiger partial charge on any atom is 0.171 e. The Balaban J connectivity index is 1.66. The van der Waals surface area contributed by atoms with E-state index in [1.54, 1.807) is 0 Å². The first-order chi connectivity index (χ1) is 18.6. The summed E-state index contributed by atoms with van der Waals surface area (Å²) in [5, 5.41) is 2.48. The van der Waals surface area contributed by atoms with Crippen LogP contribution in [0, 0.1) is 0 Å². The highest BCUT2D eigenvalue weighted by Crippen LogP contribution is 2.44. The van der Waals surface area contributed by atoms with Gasteiger partial charge in [-0.25, -0.2) is 4.98 Å². The van der Waals surface area contributed by atoms with Crippen LogP contribution in [-0.2, 0) is 4.57 Å². The van der Waals surface area contributed by atoms with Gasteiger partial charge in [0.05, 0.1) is 11.0 Å². The van der Waals surface area contributed by atoms with E-state index in [1.807, 2.05) is 97.1 Å². The molecule has 0 unspecified atom stereocenters. The van der Waals surface area contributed by atoms with Gasteiger partial charge in [0.2, 0.25) is 0 Å². The first kappa shape index (κ1) is 24.2. The summed E-state index contributed by atoms with van der Waals surface area (Å²) in [5.74, 6) is 1.09. The Kier molecular flexibility index (Phi) is 6.31. The maximum absolute atomic E-state index is 15.3. The van der Waals surface area contributed by atoms with Gasteiger partial charge in [0.1, 0.15) is 5.82 Å². The van der Waals surface area contributed by atoms with E-state index in [1.165, 1.54) is 0 Å². The number of imidazole rings is 1. The molecule has 1 aromatic heterocycles. The minimum absolute atomic E-state index is 0.253. The van der Waals surface area contributed by atoms with Crippen LogP contribution in [0.2, 0.25) is 0 Å². The number of hydrogen-bond acceptors (Lipinski definition) is 2. The van der Waals surface area contributed by atoms with Gasteiger partial charge in [-0.15, -0.1) is 0 Å². The van der Waals surface area contributed by atoms with E-state index in [9.17, 15) is 0 Å². The number of para-hydroxylation sites is 3. The van der Waals surface area contributed by atoms with Crippen molar-refractivity contribution in [2.75, 3.05) is 0 Å². The summed E-state index contributed by atoms with van der Waals surface area (Å²) in [6, 6.07) is 44.7. The Morgan fingerprint density at radius 3 is 1.79 bits per heavy atom. The number of fused-ring (bicyclic) bond motifs is 1. The van der Waals surface area contributed by atoms with Crippen LogP contribution in [0.4, 0.5) is 0 Å². The fourth-order valence-corrected chi connectivity index (χ4v) is 7.79. The monoisotopic (exact) mass is 512 g/mol. The molecule has 3 nitrogen and oxygen atoms in total. The molecule has 0 bridgehead atoms. The van der Waals surface area contributed by atoms with Crippen molar-refractivity contribution in [1.82, 2.24) is 9.55 Å². The molecule has 0 aliphatic rings. The van der Waals surface area contributed by atoms with E-state index < -0.39 is 7.14 Å². The van der Waals surface area contributed by atoms with Crippen LogP contribution in [-0.4, -0.2) is 9.55 Å². The molecule has 0 saturated carbocycles. The third-order valence-corrected chi connectivity index (χ3v) is 10.1. The number of benzene rings is 5. The molecule has 0 saturated heterocycles. The first-order valence-corrected chi connectivity index (χ1v) is 14.7. The van der Waals surface area contributed by atoms with Crippen molar-refractivity contribution in [3.63, 3.8) is 0 Å². The SMILES string of the molecule is CC(C)c1cc(-c2nc3ccccc3n2-c2ccccc2)cc(P(=O)(c2ccccc2)c2ccccc2)c1. The number of rotatable bonds is 6. The fourth-order valence-electron chi connectivity index (χ4n) is 5.06. The van der Waals surface area contributed by atoms with Crippen LogP contribution in [0.1, 0.15) is 25.3 Å². The summed E-state index contributed by atoms with van der Waals surface area (Å²) >= 11 is 0. The van der Waals surface area contributed by atoms with Crippen LogP contribution >= 0.6 is 7.14 Å². The molecule has 1 heterocycles. The van der Waals surface area contributed by atoms with Gasteiger partial charge >= 0.3 is 0 Å². The Morgan fingerprint density at radius 2 is 1.18 bits per heavy atom. The van der Waals surface area contributed by atoms with Crippen molar-refractivity contribution in [2.45, 2.75) is 19.8 Å². The van der Waals surface area contributed by atoms with Gasteiger partial charge in [-0.2, -0.15) is 0 Å². The van der Waals surface area contributed by atoms with E-state index in [2.05, 4.69) is 54.8 Å². The fraction of sp³-hybridized carbons (Fsp3) is 0.0882. The number of hydrogen-bond donors (Lipinski definition) is 0. The first-order valence-electron chi connectivity index (χ1n) is 13.0. The molecule has 0 fully saturated rings.